The first-order valence-electron chi connectivity index (χ1n) is 9.30. The van der Waals surface area contributed by atoms with Gasteiger partial charge in [-0.15, -0.1) is 0 Å². The lowest BCUT2D eigenvalue weighted by molar-refractivity contribution is -0.151. The summed E-state index contributed by atoms with van der Waals surface area (Å²) in [5, 5.41) is 3.30. The van der Waals surface area contributed by atoms with Crippen LogP contribution >= 0.6 is 0 Å². The molecule has 1 saturated heterocycles. The Morgan fingerprint density at radius 3 is 2.68 bits per heavy atom. The number of hydrazine groups is 1. The Bertz CT molecular complexity index is 807. The van der Waals surface area contributed by atoms with E-state index in [-0.39, 0.29) is 12.3 Å². The molecule has 8 heteroatoms. The maximum atomic E-state index is 12.9. The Balaban J connectivity index is 1.58. The third-order valence-corrected chi connectivity index (χ3v) is 5.03. The summed E-state index contributed by atoms with van der Waals surface area (Å²) >= 11 is 0. The zero-order chi connectivity index (χ0) is 20.1. The second-order valence-corrected chi connectivity index (χ2v) is 6.86. The Kier molecular flexibility index (Phi) is 5.77. The second kappa shape index (κ2) is 8.24. The van der Waals surface area contributed by atoms with E-state index in [1.807, 2.05) is 18.2 Å². The van der Waals surface area contributed by atoms with Gasteiger partial charge in [-0.25, -0.2) is 4.79 Å². The summed E-state index contributed by atoms with van der Waals surface area (Å²) in [5.41, 5.74) is 1.62. The molecule has 4 amide bonds. The molecule has 2 atom stereocenters. The highest BCUT2D eigenvalue weighted by atomic mass is 16.5. The lowest BCUT2D eigenvalue weighted by atomic mass is 9.87. The van der Waals surface area contributed by atoms with E-state index in [9.17, 15) is 19.2 Å². The van der Waals surface area contributed by atoms with Gasteiger partial charge in [0.15, 0.2) is 6.61 Å². The molecule has 1 aliphatic heterocycles. The number of imide groups is 1. The summed E-state index contributed by atoms with van der Waals surface area (Å²) < 4.78 is 4.95. The van der Waals surface area contributed by atoms with Crippen molar-refractivity contribution in [3.63, 3.8) is 0 Å². The van der Waals surface area contributed by atoms with Crippen LogP contribution in [0.5, 0.6) is 0 Å². The van der Waals surface area contributed by atoms with Crippen molar-refractivity contribution in [3.05, 3.63) is 48.0 Å². The minimum atomic E-state index is -1.24. The molecule has 8 nitrogen and oxygen atoms in total. The first-order chi connectivity index (χ1) is 13.5. The number of carbonyl (C=O) groups is 4. The molecule has 1 heterocycles. The van der Waals surface area contributed by atoms with Crippen LogP contribution in [0.1, 0.15) is 38.2 Å². The predicted octanol–water partition coefficient (Wildman–Crippen LogP) is 1.77. The highest BCUT2D eigenvalue weighted by molar-refractivity contribution is 6.08. The molecular weight excluding hydrogens is 362 g/mol. The van der Waals surface area contributed by atoms with Crippen LogP contribution in [0, 0.1) is 5.92 Å². The highest BCUT2D eigenvalue weighted by Crippen LogP contribution is 2.31. The fourth-order valence-corrected chi connectivity index (χ4v) is 3.48. The molecule has 0 aromatic heterocycles. The third kappa shape index (κ3) is 3.90. The molecule has 0 unspecified atom stereocenters. The van der Waals surface area contributed by atoms with Crippen molar-refractivity contribution in [1.29, 1.82) is 0 Å². The smallest absolute Gasteiger partial charge is 0.344 e. The van der Waals surface area contributed by atoms with Gasteiger partial charge in [0.25, 0.3) is 11.8 Å². The van der Waals surface area contributed by atoms with Crippen molar-refractivity contribution in [2.45, 2.75) is 38.1 Å². The summed E-state index contributed by atoms with van der Waals surface area (Å²) in [7, 11) is 0. The minimum absolute atomic E-state index is 0.137. The van der Waals surface area contributed by atoms with Crippen LogP contribution in [0.3, 0.4) is 0 Å². The van der Waals surface area contributed by atoms with E-state index in [4.69, 9.17) is 4.74 Å². The van der Waals surface area contributed by atoms with Gasteiger partial charge in [0, 0.05) is 0 Å². The van der Waals surface area contributed by atoms with E-state index in [0.29, 0.717) is 17.0 Å². The highest BCUT2D eigenvalue weighted by Gasteiger charge is 2.52. The molecule has 2 aliphatic rings. The lowest BCUT2D eigenvalue weighted by Crippen LogP contribution is -2.49. The van der Waals surface area contributed by atoms with Crippen LogP contribution < -0.4 is 10.7 Å². The van der Waals surface area contributed by atoms with Crippen LogP contribution in [0.15, 0.2) is 42.5 Å². The molecule has 0 spiro atoms. The van der Waals surface area contributed by atoms with Crippen LogP contribution in [0.4, 0.5) is 4.79 Å². The van der Waals surface area contributed by atoms with Gasteiger partial charge in [-0.3, -0.25) is 19.8 Å². The molecule has 1 fully saturated rings. The molecular formula is C20H23N3O5. The van der Waals surface area contributed by atoms with Crippen molar-refractivity contribution in [3.8, 4) is 0 Å². The molecule has 0 saturated carbocycles. The number of allylic oxidation sites excluding steroid dienone is 2. The molecule has 1 aromatic rings. The first-order valence-corrected chi connectivity index (χ1v) is 9.30. The van der Waals surface area contributed by atoms with Crippen molar-refractivity contribution >= 4 is 23.8 Å². The zero-order valence-electron chi connectivity index (χ0n) is 15.6. The van der Waals surface area contributed by atoms with E-state index in [1.54, 1.807) is 31.2 Å². The van der Waals surface area contributed by atoms with Gasteiger partial charge in [-0.2, -0.15) is 5.01 Å². The largest absolute Gasteiger partial charge is 0.455 e. The van der Waals surface area contributed by atoms with E-state index in [1.165, 1.54) is 0 Å². The Morgan fingerprint density at radius 2 is 2.04 bits per heavy atom. The number of esters is 1. The number of amides is 4. The Labute approximate surface area is 162 Å². The summed E-state index contributed by atoms with van der Waals surface area (Å²) in [6.07, 6.45) is 6.32. The van der Waals surface area contributed by atoms with E-state index in [2.05, 4.69) is 10.7 Å². The van der Waals surface area contributed by atoms with Crippen molar-refractivity contribution in [2.75, 3.05) is 6.61 Å². The fraction of sp³-hybridized carbons (Fsp3) is 0.400. The summed E-state index contributed by atoms with van der Waals surface area (Å²) in [5.74, 6) is -1.69. The zero-order valence-corrected chi connectivity index (χ0v) is 15.6. The van der Waals surface area contributed by atoms with Crippen LogP contribution in [-0.2, 0) is 24.7 Å². The van der Waals surface area contributed by atoms with Gasteiger partial charge >= 0.3 is 12.0 Å². The van der Waals surface area contributed by atoms with Crippen LogP contribution in [0.25, 0.3) is 0 Å². The number of ether oxygens (including phenoxy) is 1. The van der Waals surface area contributed by atoms with Crippen molar-refractivity contribution in [2.24, 2.45) is 5.92 Å². The fourth-order valence-electron chi connectivity index (χ4n) is 3.48. The average Bonchev–Trinajstić information content (AvgIpc) is 3.29. The van der Waals surface area contributed by atoms with Gasteiger partial charge in [0.1, 0.15) is 5.54 Å². The van der Waals surface area contributed by atoms with Gasteiger partial charge in [-0.05, 0) is 30.7 Å². The van der Waals surface area contributed by atoms with E-state index < -0.39 is 36.0 Å². The number of nitrogens with one attached hydrogen (secondary N) is 2. The standard InChI is InChI=1S/C20H23N3O5/c1-2-20(15-10-4-3-5-11-15)18(26)23(19(27)21-20)22-16(24)13-28-17(25)12-14-8-6-7-9-14/h3-6,8,10-11,14H,2,7,9,12-13H2,1H3,(H,21,27)(H,22,24)/t14-,20+/m1/s1. The number of urea groups is 1. The van der Waals surface area contributed by atoms with Gasteiger partial charge in [0.05, 0.1) is 6.42 Å². The van der Waals surface area contributed by atoms with E-state index in [0.717, 1.165) is 12.8 Å². The molecule has 2 N–H and O–H groups in total. The third-order valence-electron chi connectivity index (χ3n) is 5.03. The van der Waals surface area contributed by atoms with Crippen LogP contribution in [0.2, 0.25) is 0 Å². The number of hydrogen-bond donors (Lipinski definition) is 2. The molecule has 0 radical (unpaired) electrons. The number of hydrogen-bond acceptors (Lipinski definition) is 5. The number of benzene rings is 1. The molecule has 148 valence electrons. The van der Waals surface area contributed by atoms with Crippen LogP contribution in [-0.4, -0.2) is 35.4 Å². The maximum absolute atomic E-state index is 12.9. The average molecular weight is 385 g/mol. The van der Waals surface area contributed by atoms with Gasteiger partial charge in [-0.1, -0.05) is 49.4 Å². The molecule has 28 heavy (non-hydrogen) atoms. The number of nitrogens with zero attached hydrogens (tertiary/aromatic N) is 1. The minimum Gasteiger partial charge on any atom is -0.455 e. The maximum Gasteiger partial charge on any atom is 0.344 e. The number of rotatable bonds is 7. The molecule has 1 aliphatic carbocycles. The molecule has 0 bridgehead atoms. The van der Waals surface area contributed by atoms with E-state index >= 15 is 0 Å². The topological polar surface area (TPSA) is 105 Å². The second-order valence-electron chi connectivity index (χ2n) is 6.86. The molecule has 3 rings (SSSR count). The Hall–Kier alpha value is -3.16. The Morgan fingerprint density at radius 1 is 1.29 bits per heavy atom. The molecule has 1 aromatic carbocycles. The summed E-state index contributed by atoms with van der Waals surface area (Å²) in [4.78, 5) is 49.1. The monoisotopic (exact) mass is 385 g/mol. The quantitative estimate of drug-likeness (QED) is 0.423. The summed E-state index contributed by atoms with van der Waals surface area (Å²) in [6.45, 7) is 1.21. The lowest BCUT2D eigenvalue weighted by Gasteiger charge is -2.25. The number of carbonyl (C=O) groups excluding carboxylic acids is 4. The van der Waals surface area contributed by atoms with Gasteiger partial charge < -0.3 is 10.1 Å². The summed E-state index contributed by atoms with van der Waals surface area (Å²) in [6, 6.07) is 8.10. The predicted molar refractivity (Wildman–Crippen MR) is 99.4 cm³/mol. The first kappa shape index (κ1) is 19.6. The van der Waals surface area contributed by atoms with Crippen molar-refractivity contribution < 1.29 is 23.9 Å². The normalized spacial score (nSPS) is 23.6. The van der Waals surface area contributed by atoms with Crippen molar-refractivity contribution in [1.82, 2.24) is 15.8 Å². The SMILES string of the molecule is CC[C@@]1(c2ccccc2)NC(=O)N(NC(=O)COC(=O)C[C@@H]2C=CCC2)C1=O. The van der Waals surface area contributed by atoms with Gasteiger partial charge in [0.2, 0.25) is 0 Å².